The fourth-order valence-corrected chi connectivity index (χ4v) is 5.55. The highest BCUT2D eigenvalue weighted by Crippen LogP contribution is 2.46. The third-order valence-corrected chi connectivity index (χ3v) is 7.14. The van der Waals surface area contributed by atoms with E-state index in [-0.39, 0.29) is 6.04 Å². The monoisotopic (exact) mass is 473 g/mol. The first-order valence-corrected chi connectivity index (χ1v) is 12.4. The molecule has 0 unspecified atom stereocenters. The Balaban J connectivity index is 1.92. The molecule has 7 heteroatoms. The Morgan fingerprint density at radius 3 is 1.89 bits per heavy atom. The minimum atomic E-state index is -0.497. The molecule has 0 saturated carbocycles. The van der Waals surface area contributed by atoms with Crippen molar-refractivity contribution in [3.8, 4) is 0 Å². The number of hydrogen-bond donors (Lipinski definition) is 3. The molecule has 35 heavy (non-hydrogen) atoms. The van der Waals surface area contributed by atoms with Gasteiger partial charge in [-0.05, 0) is 65.5 Å². The van der Waals surface area contributed by atoms with E-state index in [0.29, 0.717) is 25.4 Å². The molecule has 0 aromatic heterocycles. The molecule has 1 aliphatic carbocycles. The molecular formula is C28H35N5O2. The first-order valence-electron chi connectivity index (χ1n) is 12.4. The highest BCUT2D eigenvalue weighted by atomic mass is 16.1. The molecule has 4 N–H and O–H groups in total. The summed E-state index contributed by atoms with van der Waals surface area (Å²) in [6.07, 6.45) is 4.64. The van der Waals surface area contributed by atoms with E-state index in [9.17, 15) is 9.59 Å². The lowest BCUT2D eigenvalue weighted by atomic mass is 9.64. The van der Waals surface area contributed by atoms with Gasteiger partial charge in [0.05, 0.1) is 11.1 Å². The molecule has 2 aromatic rings. The predicted octanol–water partition coefficient (Wildman–Crippen LogP) is 3.16. The maximum absolute atomic E-state index is 10.9. The number of fused-ring (bicyclic) bond motifs is 2. The zero-order valence-electron chi connectivity index (χ0n) is 20.8. The minimum absolute atomic E-state index is 0.0626. The second-order valence-electron chi connectivity index (χ2n) is 10.0. The Hall–Kier alpha value is -3.32. The number of nitrogens with two attached hydrogens (primary N) is 1. The number of carbonyl (C=O) groups excluding carboxylic acids is 2. The Kier molecular flexibility index (Phi) is 7.45. The summed E-state index contributed by atoms with van der Waals surface area (Å²) >= 11 is 0. The molecule has 1 heterocycles. The van der Waals surface area contributed by atoms with Crippen LogP contribution in [0.3, 0.4) is 0 Å². The first kappa shape index (κ1) is 24.8. The predicted molar refractivity (Wildman–Crippen MR) is 139 cm³/mol. The van der Waals surface area contributed by atoms with Crippen molar-refractivity contribution in [1.29, 1.82) is 0 Å². The average Bonchev–Trinajstić information content (AvgIpc) is 3.30. The van der Waals surface area contributed by atoms with Crippen LogP contribution in [0, 0.1) is 5.92 Å². The van der Waals surface area contributed by atoms with Crippen molar-refractivity contribution in [2.24, 2.45) is 21.9 Å². The molecule has 4 rings (SSSR count). The summed E-state index contributed by atoms with van der Waals surface area (Å²) in [5.41, 5.74) is 15.3. The van der Waals surface area contributed by atoms with E-state index in [0.717, 1.165) is 54.6 Å². The fraction of sp³-hybridized carbons (Fsp3) is 0.429. The van der Waals surface area contributed by atoms with Gasteiger partial charge in [0.15, 0.2) is 0 Å². The number of rotatable bonds is 10. The molecule has 184 valence electrons. The number of carbonyl (C=O) groups is 2. The molecule has 0 radical (unpaired) electrons. The molecule has 0 saturated heterocycles. The van der Waals surface area contributed by atoms with E-state index in [1.807, 2.05) is 0 Å². The lowest BCUT2D eigenvalue weighted by molar-refractivity contribution is -0.110. The number of hydrogen-bond acceptors (Lipinski definition) is 5. The van der Waals surface area contributed by atoms with Gasteiger partial charge in [0.2, 0.25) is 12.8 Å². The third kappa shape index (κ3) is 4.91. The van der Waals surface area contributed by atoms with Crippen molar-refractivity contribution in [1.82, 2.24) is 10.6 Å². The van der Waals surface area contributed by atoms with Gasteiger partial charge >= 0.3 is 0 Å². The molecule has 0 bridgehead atoms. The molecule has 0 fully saturated rings. The van der Waals surface area contributed by atoms with E-state index in [4.69, 9.17) is 10.8 Å². The van der Waals surface area contributed by atoms with Crippen molar-refractivity contribution in [2.45, 2.75) is 71.0 Å². The van der Waals surface area contributed by atoms with Gasteiger partial charge in [-0.15, -0.1) is 0 Å². The third-order valence-electron chi connectivity index (χ3n) is 7.14. The van der Waals surface area contributed by atoms with Gasteiger partial charge in [-0.3, -0.25) is 9.59 Å². The van der Waals surface area contributed by atoms with Gasteiger partial charge in [-0.1, -0.05) is 50.2 Å². The Labute approximate surface area is 207 Å². The molecule has 2 aromatic carbocycles. The van der Waals surface area contributed by atoms with Gasteiger partial charge in [-0.25, -0.2) is 0 Å². The maximum Gasteiger partial charge on any atom is 0.207 e. The van der Waals surface area contributed by atoms with Crippen LogP contribution in [0.1, 0.15) is 67.0 Å². The first-order chi connectivity index (χ1) is 16.9. The van der Waals surface area contributed by atoms with Crippen molar-refractivity contribution in [3.63, 3.8) is 0 Å². The molecular weight excluding hydrogens is 438 g/mol. The van der Waals surface area contributed by atoms with Crippen LogP contribution in [0.2, 0.25) is 0 Å². The standard InChI is InChI=1S/C28H35N5O2/c1-18(2)26-12-27(33-32-26)28(13-19(3)29)24-8-4-20(14-30-16-34)10-22(24)6-7-23-11-21(15-31-17-35)5-9-25(23)28/h4-5,8-11,16-19H,6-7,12-15,29H2,1-3H3,(H,30,34)(H,31,35)/t19-/m0/s1. The number of benzene rings is 2. The van der Waals surface area contributed by atoms with Gasteiger partial charge in [0.1, 0.15) is 0 Å². The largest absolute Gasteiger partial charge is 0.355 e. The quantitative estimate of drug-likeness (QED) is 0.461. The molecule has 7 nitrogen and oxygen atoms in total. The van der Waals surface area contributed by atoms with Crippen molar-refractivity contribution in [3.05, 3.63) is 69.8 Å². The van der Waals surface area contributed by atoms with Gasteiger partial charge in [-0.2, -0.15) is 10.2 Å². The van der Waals surface area contributed by atoms with Crippen LogP contribution >= 0.6 is 0 Å². The van der Waals surface area contributed by atoms with Crippen LogP contribution in [0.5, 0.6) is 0 Å². The number of aryl methyl sites for hydroxylation is 2. The zero-order valence-corrected chi connectivity index (χ0v) is 20.8. The average molecular weight is 474 g/mol. The van der Waals surface area contributed by atoms with E-state index in [2.05, 4.69) is 72.9 Å². The van der Waals surface area contributed by atoms with Crippen LogP contribution in [-0.2, 0) is 40.9 Å². The second kappa shape index (κ2) is 10.5. The molecule has 2 aliphatic rings. The SMILES string of the molecule is CC(C)C1=NN=C(C2(C[C@H](C)N)c3ccc(CNC=O)cc3CCc3cc(CNC=O)ccc32)C1. The zero-order chi connectivity index (χ0) is 25.0. The smallest absolute Gasteiger partial charge is 0.207 e. The van der Waals surface area contributed by atoms with Crippen LogP contribution < -0.4 is 16.4 Å². The molecule has 2 amide bonds. The summed E-state index contributed by atoms with van der Waals surface area (Å²) in [5, 5.41) is 15.0. The topological polar surface area (TPSA) is 109 Å². The van der Waals surface area contributed by atoms with E-state index in [1.165, 1.54) is 22.3 Å². The molecule has 0 spiro atoms. The molecule has 1 aliphatic heterocycles. The fourth-order valence-electron chi connectivity index (χ4n) is 5.55. The molecule has 1 atom stereocenters. The summed E-state index contributed by atoms with van der Waals surface area (Å²) in [7, 11) is 0. The van der Waals surface area contributed by atoms with Gasteiger partial charge in [0, 0.05) is 31.3 Å². The summed E-state index contributed by atoms with van der Waals surface area (Å²) in [6.45, 7) is 7.35. The van der Waals surface area contributed by atoms with Gasteiger partial charge < -0.3 is 16.4 Å². The van der Waals surface area contributed by atoms with Crippen molar-refractivity contribution >= 4 is 24.2 Å². The van der Waals surface area contributed by atoms with E-state index in [1.54, 1.807) is 0 Å². The van der Waals surface area contributed by atoms with Crippen molar-refractivity contribution < 1.29 is 9.59 Å². The summed E-state index contributed by atoms with van der Waals surface area (Å²) < 4.78 is 0. The summed E-state index contributed by atoms with van der Waals surface area (Å²) in [6, 6.07) is 13.0. The second-order valence-corrected chi connectivity index (χ2v) is 10.0. The lowest BCUT2D eigenvalue weighted by Gasteiger charge is -2.38. The number of nitrogens with one attached hydrogen (secondary N) is 2. The van der Waals surface area contributed by atoms with Gasteiger partial charge in [0.25, 0.3) is 0 Å². The summed E-state index contributed by atoms with van der Waals surface area (Å²) in [4.78, 5) is 21.8. The maximum atomic E-state index is 10.9. The van der Waals surface area contributed by atoms with Crippen LogP contribution in [-0.4, -0.2) is 30.3 Å². The van der Waals surface area contributed by atoms with E-state index < -0.39 is 5.41 Å². The van der Waals surface area contributed by atoms with Crippen molar-refractivity contribution in [2.75, 3.05) is 0 Å². The normalized spacial score (nSPS) is 16.9. The Bertz CT molecular complexity index is 1100. The highest BCUT2D eigenvalue weighted by molar-refractivity contribution is 6.14. The summed E-state index contributed by atoms with van der Waals surface area (Å²) in [5.74, 6) is 0.321. The minimum Gasteiger partial charge on any atom is -0.355 e. The van der Waals surface area contributed by atoms with Crippen LogP contribution in [0.4, 0.5) is 0 Å². The number of nitrogens with zero attached hydrogens (tertiary/aromatic N) is 2. The number of amides is 2. The lowest BCUT2D eigenvalue weighted by Crippen LogP contribution is -2.43. The van der Waals surface area contributed by atoms with E-state index >= 15 is 0 Å². The van der Waals surface area contributed by atoms with Crippen LogP contribution in [0.15, 0.2) is 46.6 Å². The Morgan fingerprint density at radius 1 is 0.914 bits per heavy atom. The Morgan fingerprint density at radius 2 is 1.46 bits per heavy atom. The van der Waals surface area contributed by atoms with Crippen LogP contribution in [0.25, 0.3) is 0 Å². The highest BCUT2D eigenvalue weighted by Gasteiger charge is 2.45.